The summed E-state index contributed by atoms with van der Waals surface area (Å²) in [5.41, 5.74) is 2.10. The van der Waals surface area contributed by atoms with Crippen LogP contribution in [-0.2, 0) is 20.9 Å². The van der Waals surface area contributed by atoms with Gasteiger partial charge in [0.15, 0.2) is 0 Å². The van der Waals surface area contributed by atoms with Crippen LogP contribution in [0.15, 0.2) is 72.9 Å². The van der Waals surface area contributed by atoms with Gasteiger partial charge >= 0.3 is 0 Å². The highest BCUT2D eigenvalue weighted by Crippen LogP contribution is 2.17. The number of halogens is 1. The smallest absolute Gasteiger partial charge is 0.240 e. The molecule has 170 valence electrons. The van der Waals surface area contributed by atoms with Crippen LogP contribution in [0.5, 0.6) is 0 Å². The predicted octanol–water partition coefficient (Wildman–Crippen LogP) is 3.60. The van der Waals surface area contributed by atoms with E-state index in [9.17, 15) is 18.8 Å². The first-order valence-corrected chi connectivity index (χ1v) is 10.5. The molecule has 3 rings (SSSR count). The number of nitrogens with one attached hydrogen (secondary N) is 2. The molecule has 0 aliphatic carbocycles. The van der Waals surface area contributed by atoms with Crippen LogP contribution in [0.3, 0.4) is 0 Å². The third kappa shape index (κ3) is 7.53. The van der Waals surface area contributed by atoms with Crippen molar-refractivity contribution in [2.45, 2.75) is 26.3 Å². The van der Waals surface area contributed by atoms with Gasteiger partial charge in [-0.05, 0) is 48.4 Å². The van der Waals surface area contributed by atoms with Gasteiger partial charge in [0.2, 0.25) is 17.7 Å². The van der Waals surface area contributed by atoms with Crippen molar-refractivity contribution in [1.82, 2.24) is 10.3 Å². The summed E-state index contributed by atoms with van der Waals surface area (Å²) in [7, 11) is 0. The van der Waals surface area contributed by atoms with Gasteiger partial charge in [0.25, 0.3) is 0 Å². The lowest BCUT2D eigenvalue weighted by molar-refractivity contribution is -0.125. The zero-order valence-electron chi connectivity index (χ0n) is 18.3. The summed E-state index contributed by atoms with van der Waals surface area (Å²) < 4.78 is 13.8. The Balaban J connectivity index is 1.62. The van der Waals surface area contributed by atoms with E-state index in [4.69, 9.17) is 0 Å². The summed E-state index contributed by atoms with van der Waals surface area (Å²) >= 11 is 0. The first-order chi connectivity index (χ1) is 15.9. The van der Waals surface area contributed by atoms with E-state index in [0.29, 0.717) is 12.4 Å². The van der Waals surface area contributed by atoms with Crippen molar-refractivity contribution >= 4 is 29.2 Å². The fraction of sp³-hybridized carbons (Fsp3) is 0.200. The Labute approximate surface area is 191 Å². The molecule has 0 aliphatic heterocycles. The summed E-state index contributed by atoms with van der Waals surface area (Å²) in [5, 5.41) is 5.40. The van der Waals surface area contributed by atoms with Gasteiger partial charge in [-0.1, -0.05) is 36.4 Å². The molecule has 2 aromatic carbocycles. The molecule has 0 saturated heterocycles. The lowest BCUT2D eigenvalue weighted by Gasteiger charge is -2.22. The van der Waals surface area contributed by atoms with Crippen LogP contribution in [-0.4, -0.2) is 29.3 Å². The van der Waals surface area contributed by atoms with Crippen molar-refractivity contribution in [3.05, 3.63) is 89.9 Å². The lowest BCUT2D eigenvalue weighted by atomic mass is 10.2. The third-order valence-corrected chi connectivity index (χ3v) is 4.80. The summed E-state index contributed by atoms with van der Waals surface area (Å²) in [6, 6.07) is 18.3. The number of aromatic nitrogens is 1. The lowest BCUT2D eigenvalue weighted by Crippen LogP contribution is -2.41. The summed E-state index contributed by atoms with van der Waals surface area (Å²) in [4.78, 5) is 42.9. The minimum atomic E-state index is -0.529. The number of carbonyl (C=O) groups is 3. The molecule has 3 aromatic rings. The van der Waals surface area contributed by atoms with E-state index in [1.54, 1.807) is 24.4 Å². The van der Waals surface area contributed by atoms with Crippen molar-refractivity contribution in [1.29, 1.82) is 0 Å². The first-order valence-electron chi connectivity index (χ1n) is 10.5. The molecule has 0 saturated carbocycles. The maximum atomic E-state index is 13.8. The van der Waals surface area contributed by atoms with E-state index in [0.717, 1.165) is 11.1 Å². The van der Waals surface area contributed by atoms with Gasteiger partial charge in [0.05, 0.1) is 0 Å². The molecular formula is C25H25FN4O3. The fourth-order valence-corrected chi connectivity index (χ4v) is 3.13. The molecule has 0 atom stereocenters. The molecule has 2 N–H and O–H groups in total. The van der Waals surface area contributed by atoms with Crippen molar-refractivity contribution in [3.8, 4) is 0 Å². The number of amides is 3. The van der Waals surface area contributed by atoms with Crippen LogP contribution < -0.4 is 15.5 Å². The minimum absolute atomic E-state index is 0.105. The summed E-state index contributed by atoms with van der Waals surface area (Å²) in [6.07, 6.45) is 1.32. The molecule has 1 aromatic heterocycles. The van der Waals surface area contributed by atoms with Gasteiger partial charge in [-0.25, -0.2) is 9.37 Å². The normalized spacial score (nSPS) is 10.4. The van der Waals surface area contributed by atoms with Crippen LogP contribution in [0.4, 0.5) is 15.9 Å². The summed E-state index contributed by atoms with van der Waals surface area (Å²) in [5.74, 6) is -1.38. The van der Waals surface area contributed by atoms with Crippen LogP contribution >= 0.6 is 0 Å². The number of nitrogens with zero attached hydrogens (tertiary/aromatic N) is 2. The van der Waals surface area contributed by atoms with Crippen molar-refractivity contribution < 1.29 is 18.8 Å². The largest absolute Gasteiger partial charge is 0.350 e. The monoisotopic (exact) mass is 448 g/mol. The van der Waals surface area contributed by atoms with Crippen LogP contribution in [0.2, 0.25) is 0 Å². The number of carbonyl (C=O) groups excluding carboxylic acids is 3. The predicted molar refractivity (Wildman–Crippen MR) is 124 cm³/mol. The average molecular weight is 448 g/mol. The topological polar surface area (TPSA) is 91.4 Å². The quantitative estimate of drug-likeness (QED) is 0.523. The Kier molecular flexibility index (Phi) is 8.24. The van der Waals surface area contributed by atoms with Gasteiger partial charge in [0, 0.05) is 31.3 Å². The third-order valence-electron chi connectivity index (χ3n) is 4.80. The molecule has 0 unspecified atom stereocenters. The SMILES string of the molecule is Cc1ccnc(NC(=O)CCC(=O)N(CC(=O)NCc2ccccc2)c2cccc(F)c2)c1. The van der Waals surface area contributed by atoms with E-state index in [2.05, 4.69) is 15.6 Å². The Bertz CT molecular complexity index is 1120. The van der Waals surface area contributed by atoms with Gasteiger partial charge < -0.3 is 15.5 Å². The Morgan fingerprint density at radius 3 is 2.45 bits per heavy atom. The highest BCUT2D eigenvalue weighted by Gasteiger charge is 2.20. The molecule has 8 heteroatoms. The second-order valence-electron chi connectivity index (χ2n) is 7.49. The number of aryl methyl sites for hydroxylation is 1. The average Bonchev–Trinajstić information content (AvgIpc) is 2.80. The highest BCUT2D eigenvalue weighted by molar-refractivity contribution is 6.01. The number of hydrogen-bond acceptors (Lipinski definition) is 4. The standard InChI is InChI=1S/C25H25FN4O3/c1-18-12-13-27-22(14-18)29-23(31)10-11-25(33)30(21-9-5-8-20(26)15-21)17-24(32)28-16-19-6-3-2-4-7-19/h2-9,12-15H,10-11,16-17H2,1H3,(H,28,32)(H,27,29,31). The molecule has 7 nitrogen and oxygen atoms in total. The molecule has 0 spiro atoms. The molecule has 33 heavy (non-hydrogen) atoms. The Morgan fingerprint density at radius 2 is 1.73 bits per heavy atom. The zero-order valence-corrected chi connectivity index (χ0v) is 18.3. The molecular weight excluding hydrogens is 423 g/mol. The minimum Gasteiger partial charge on any atom is -0.350 e. The second-order valence-corrected chi connectivity index (χ2v) is 7.49. The van der Waals surface area contributed by atoms with Gasteiger partial charge in [0.1, 0.15) is 18.2 Å². The van der Waals surface area contributed by atoms with Crippen LogP contribution in [0.25, 0.3) is 0 Å². The van der Waals surface area contributed by atoms with Gasteiger partial charge in [-0.3, -0.25) is 14.4 Å². The second kappa shape index (κ2) is 11.5. The van der Waals surface area contributed by atoms with Crippen LogP contribution in [0.1, 0.15) is 24.0 Å². The number of anilines is 2. The van der Waals surface area contributed by atoms with E-state index in [1.807, 2.05) is 37.3 Å². The molecule has 1 heterocycles. The first kappa shape index (κ1) is 23.6. The maximum Gasteiger partial charge on any atom is 0.240 e. The highest BCUT2D eigenvalue weighted by atomic mass is 19.1. The van der Waals surface area contributed by atoms with E-state index >= 15 is 0 Å². The molecule has 0 bridgehead atoms. The number of hydrogen-bond donors (Lipinski definition) is 2. The van der Waals surface area contributed by atoms with E-state index in [1.165, 1.54) is 23.1 Å². The fourth-order valence-electron chi connectivity index (χ4n) is 3.13. The van der Waals surface area contributed by atoms with Crippen LogP contribution in [0, 0.1) is 12.7 Å². The number of benzene rings is 2. The van der Waals surface area contributed by atoms with Gasteiger partial charge in [-0.15, -0.1) is 0 Å². The maximum absolute atomic E-state index is 13.8. The number of pyridine rings is 1. The van der Waals surface area contributed by atoms with Crippen molar-refractivity contribution in [2.24, 2.45) is 0 Å². The summed E-state index contributed by atoms with van der Waals surface area (Å²) in [6.45, 7) is 1.88. The zero-order chi connectivity index (χ0) is 23.6. The molecule has 0 aliphatic rings. The van der Waals surface area contributed by atoms with Crippen molar-refractivity contribution in [3.63, 3.8) is 0 Å². The van der Waals surface area contributed by atoms with E-state index in [-0.39, 0.29) is 31.0 Å². The van der Waals surface area contributed by atoms with E-state index < -0.39 is 17.6 Å². The molecule has 0 radical (unpaired) electrons. The Hall–Kier alpha value is -4.07. The number of rotatable bonds is 9. The Morgan fingerprint density at radius 1 is 0.939 bits per heavy atom. The molecule has 0 fully saturated rings. The van der Waals surface area contributed by atoms with Crippen molar-refractivity contribution in [2.75, 3.05) is 16.8 Å². The molecule has 3 amide bonds. The van der Waals surface area contributed by atoms with Gasteiger partial charge in [-0.2, -0.15) is 0 Å².